The van der Waals surface area contributed by atoms with Crippen molar-refractivity contribution in [3.05, 3.63) is 98.2 Å². The van der Waals surface area contributed by atoms with Gasteiger partial charge in [-0.3, -0.25) is 24.6 Å². The molecule has 0 fully saturated rings. The molecule has 2 aromatic heterocycles. The summed E-state index contributed by atoms with van der Waals surface area (Å²) in [6, 6.07) is 12.5. The number of benzene rings is 2. The number of aryl methyl sites for hydroxylation is 1. The van der Waals surface area contributed by atoms with Gasteiger partial charge in [-0.1, -0.05) is 35.1 Å². The molecule has 4 aromatic rings. The van der Waals surface area contributed by atoms with E-state index in [9.17, 15) is 24.8 Å². The first kappa shape index (κ1) is 21.8. The lowest BCUT2D eigenvalue weighted by atomic mass is 9.95. The number of nitrogens with zero attached hydrogens (tertiary/aromatic N) is 3. The molecular formula is C23H14ClN3O6S. The Morgan fingerprint density at radius 3 is 2.74 bits per heavy atom. The number of furan rings is 1. The molecule has 0 spiro atoms. The molecule has 0 bridgehead atoms. The molecule has 0 aliphatic carbocycles. The van der Waals surface area contributed by atoms with E-state index in [4.69, 9.17) is 16.0 Å². The molecule has 170 valence electrons. The number of non-ortho nitro benzene ring substituents is 1. The quantitative estimate of drug-likeness (QED) is 0.218. The average Bonchev–Trinajstić information content (AvgIpc) is 3.49. The van der Waals surface area contributed by atoms with Gasteiger partial charge in [-0.05, 0) is 42.8 Å². The Balaban J connectivity index is 1.70. The highest BCUT2D eigenvalue weighted by Gasteiger charge is 2.46. The van der Waals surface area contributed by atoms with Crippen LogP contribution in [-0.4, -0.2) is 26.7 Å². The minimum atomic E-state index is -1.17. The molecule has 2 aromatic carbocycles. The molecule has 1 aliphatic rings. The topological polar surface area (TPSA) is 127 Å². The zero-order valence-corrected chi connectivity index (χ0v) is 19.0. The second-order valence-electron chi connectivity index (χ2n) is 7.54. The van der Waals surface area contributed by atoms with Crippen molar-refractivity contribution in [2.24, 2.45) is 0 Å². The Morgan fingerprint density at radius 1 is 1.24 bits per heavy atom. The predicted octanol–water partition coefficient (Wildman–Crippen LogP) is 5.54. The van der Waals surface area contributed by atoms with Crippen molar-refractivity contribution in [2.45, 2.75) is 13.0 Å². The third-order valence-electron chi connectivity index (χ3n) is 5.36. The second-order valence-corrected chi connectivity index (χ2v) is 8.99. The van der Waals surface area contributed by atoms with Gasteiger partial charge < -0.3 is 9.52 Å². The fourth-order valence-electron chi connectivity index (χ4n) is 3.84. The molecule has 1 N–H and O–H groups in total. The Morgan fingerprint density at radius 2 is 2.03 bits per heavy atom. The number of anilines is 1. The Labute approximate surface area is 200 Å². The first-order valence-electron chi connectivity index (χ1n) is 9.93. The minimum Gasteiger partial charge on any atom is -0.503 e. The lowest BCUT2D eigenvalue weighted by Crippen LogP contribution is -2.31. The van der Waals surface area contributed by atoms with Crippen molar-refractivity contribution >= 4 is 55.7 Å². The molecule has 5 rings (SSSR count). The maximum absolute atomic E-state index is 13.4. The van der Waals surface area contributed by atoms with Crippen molar-refractivity contribution in [3.8, 4) is 0 Å². The molecule has 34 heavy (non-hydrogen) atoms. The number of Topliss-reactive ketones (excluding diaryl/α,β-unsaturated/α-hetero) is 1. The highest BCUT2D eigenvalue weighted by molar-refractivity contribution is 7.22. The number of aliphatic hydroxyl groups is 1. The average molecular weight is 496 g/mol. The van der Waals surface area contributed by atoms with E-state index in [1.54, 1.807) is 37.3 Å². The zero-order valence-electron chi connectivity index (χ0n) is 17.4. The molecule has 0 saturated heterocycles. The van der Waals surface area contributed by atoms with Crippen LogP contribution < -0.4 is 4.90 Å². The van der Waals surface area contributed by atoms with Gasteiger partial charge in [-0.25, -0.2) is 4.98 Å². The van der Waals surface area contributed by atoms with Crippen molar-refractivity contribution < 1.29 is 24.0 Å². The van der Waals surface area contributed by atoms with Crippen molar-refractivity contribution in [1.29, 1.82) is 0 Å². The summed E-state index contributed by atoms with van der Waals surface area (Å²) in [4.78, 5) is 43.1. The summed E-state index contributed by atoms with van der Waals surface area (Å²) >= 11 is 7.22. The van der Waals surface area contributed by atoms with Crippen LogP contribution in [0.5, 0.6) is 0 Å². The summed E-state index contributed by atoms with van der Waals surface area (Å²) < 4.78 is 6.16. The maximum atomic E-state index is 13.4. The van der Waals surface area contributed by atoms with Gasteiger partial charge in [0.25, 0.3) is 11.6 Å². The first-order valence-corrected chi connectivity index (χ1v) is 11.1. The van der Waals surface area contributed by atoms with Gasteiger partial charge in [-0.2, -0.15) is 0 Å². The molecule has 1 amide bonds. The molecule has 9 nitrogen and oxygen atoms in total. The van der Waals surface area contributed by atoms with Crippen LogP contribution in [0.3, 0.4) is 0 Å². The molecule has 1 aliphatic heterocycles. The third kappa shape index (κ3) is 3.53. The van der Waals surface area contributed by atoms with Gasteiger partial charge in [0.1, 0.15) is 5.76 Å². The number of aromatic nitrogens is 1. The van der Waals surface area contributed by atoms with E-state index in [1.807, 2.05) is 0 Å². The minimum absolute atomic E-state index is 0.0692. The van der Waals surface area contributed by atoms with Gasteiger partial charge in [0.15, 0.2) is 16.7 Å². The number of rotatable bonds is 5. The van der Waals surface area contributed by atoms with Crippen LogP contribution in [0.4, 0.5) is 10.8 Å². The Bertz CT molecular complexity index is 1540. The summed E-state index contributed by atoms with van der Waals surface area (Å²) in [5.74, 6) is -1.93. The smallest absolute Gasteiger partial charge is 0.296 e. The third-order valence-corrected chi connectivity index (χ3v) is 6.63. The summed E-state index contributed by atoms with van der Waals surface area (Å²) in [7, 11) is 0. The van der Waals surface area contributed by atoms with E-state index < -0.39 is 28.4 Å². The van der Waals surface area contributed by atoms with Crippen LogP contribution in [-0.2, 0) is 4.79 Å². The van der Waals surface area contributed by atoms with Crippen LogP contribution in [0, 0.1) is 17.0 Å². The van der Waals surface area contributed by atoms with Crippen LogP contribution in [0.1, 0.15) is 27.9 Å². The van der Waals surface area contributed by atoms with Crippen LogP contribution >= 0.6 is 22.9 Å². The summed E-state index contributed by atoms with van der Waals surface area (Å²) in [5, 5.41) is 22.9. The molecule has 11 heteroatoms. The highest BCUT2D eigenvalue weighted by Crippen LogP contribution is 2.45. The van der Waals surface area contributed by atoms with Crippen LogP contribution in [0.25, 0.3) is 10.2 Å². The zero-order chi connectivity index (χ0) is 24.1. The molecule has 0 saturated carbocycles. The fraction of sp³-hybridized carbons (Fsp3) is 0.0870. The van der Waals surface area contributed by atoms with Crippen LogP contribution in [0.2, 0.25) is 5.02 Å². The predicted molar refractivity (Wildman–Crippen MR) is 125 cm³/mol. The van der Waals surface area contributed by atoms with E-state index in [2.05, 4.69) is 4.98 Å². The number of hydrogen-bond donors (Lipinski definition) is 1. The first-order chi connectivity index (χ1) is 16.2. The number of amides is 1. The van der Waals surface area contributed by atoms with Crippen molar-refractivity contribution in [1.82, 2.24) is 4.98 Å². The van der Waals surface area contributed by atoms with E-state index >= 15 is 0 Å². The molecule has 0 radical (unpaired) electrons. The van der Waals surface area contributed by atoms with Gasteiger partial charge in [0.05, 0.1) is 26.8 Å². The van der Waals surface area contributed by atoms with Gasteiger partial charge in [0, 0.05) is 17.2 Å². The normalized spacial score (nSPS) is 16.0. The number of thiazole rings is 1. The Kier molecular flexibility index (Phi) is 5.18. The number of carbonyl (C=O) groups is 2. The summed E-state index contributed by atoms with van der Waals surface area (Å²) in [5.41, 5.74) is 0.305. The van der Waals surface area contributed by atoms with E-state index in [-0.39, 0.29) is 27.7 Å². The number of fused-ring (bicyclic) bond motifs is 1. The molecule has 1 atom stereocenters. The monoisotopic (exact) mass is 495 g/mol. The number of aliphatic hydroxyl groups excluding tert-OH is 1. The molecular weight excluding hydrogens is 482 g/mol. The summed E-state index contributed by atoms with van der Waals surface area (Å²) in [6.07, 6.45) is 0. The number of carbonyl (C=O) groups excluding carboxylic acids is 2. The SMILES string of the molecule is Cc1ccc(C(=O)C2=C(O)C(=O)N(c3nc4cc(Cl)ccc4s3)[C@@H]2c2cccc([N+](=O)[O-])c2)o1. The lowest BCUT2D eigenvalue weighted by molar-refractivity contribution is -0.384. The maximum Gasteiger partial charge on any atom is 0.296 e. The van der Waals surface area contributed by atoms with Gasteiger partial charge in [0.2, 0.25) is 5.78 Å². The van der Waals surface area contributed by atoms with E-state index in [0.29, 0.717) is 16.3 Å². The number of nitro benzene ring substituents is 1. The fourth-order valence-corrected chi connectivity index (χ4v) is 4.98. The standard InChI is InChI=1S/C23H14ClN3O6S/c1-11-5-7-16(33-11)20(28)18-19(12-3-2-4-14(9-12)27(31)32)26(22(30)21(18)29)23-25-15-10-13(24)6-8-17(15)34-23/h2-10,19,29H,1H3/t19-/m1/s1. The number of nitro groups is 1. The summed E-state index contributed by atoms with van der Waals surface area (Å²) in [6.45, 7) is 1.65. The van der Waals surface area contributed by atoms with Gasteiger partial charge in [-0.15, -0.1) is 0 Å². The molecule has 0 unspecified atom stereocenters. The molecule has 3 heterocycles. The van der Waals surface area contributed by atoms with Crippen molar-refractivity contribution in [2.75, 3.05) is 4.90 Å². The van der Waals surface area contributed by atoms with E-state index in [0.717, 1.165) is 20.9 Å². The van der Waals surface area contributed by atoms with Crippen LogP contribution in [0.15, 0.2) is 70.3 Å². The second kappa shape index (κ2) is 8.08. The van der Waals surface area contributed by atoms with Gasteiger partial charge >= 0.3 is 0 Å². The largest absolute Gasteiger partial charge is 0.503 e. The van der Waals surface area contributed by atoms with Crippen molar-refractivity contribution in [3.63, 3.8) is 0 Å². The Hall–Kier alpha value is -4.02. The number of ketones is 1. The number of hydrogen-bond acceptors (Lipinski definition) is 8. The number of halogens is 1. The highest BCUT2D eigenvalue weighted by atomic mass is 35.5. The van der Waals surface area contributed by atoms with E-state index in [1.165, 1.54) is 24.3 Å². The lowest BCUT2D eigenvalue weighted by Gasteiger charge is -2.24.